The van der Waals surface area contributed by atoms with E-state index in [0.717, 1.165) is 12.1 Å². The zero-order chi connectivity index (χ0) is 23.3. The first-order chi connectivity index (χ1) is 14.4. The molecule has 5 nitrogen and oxygen atoms in total. The summed E-state index contributed by atoms with van der Waals surface area (Å²) in [6.07, 6.45) is -10.1. The molecular formula is C20H19F6N2O3+. The van der Waals surface area contributed by atoms with Crippen molar-refractivity contribution in [2.75, 3.05) is 6.61 Å². The molecule has 0 fully saturated rings. The van der Waals surface area contributed by atoms with Crippen LogP contribution in [0.25, 0.3) is 0 Å². The molecule has 1 atom stereocenters. The van der Waals surface area contributed by atoms with Crippen LogP contribution in [-0.2, 0) is 22.3 Å². The van der Waals surface area contributed by atoms with Crippen LogP contribution >= 0.6 is 0 Å². The highest BCUT2D eigenvalue weighted by Crippen LogP contribution is 2.30. The standard InChI is InChI=1S/C20H18F6N2O3/c1-2-31-17(30)18(20(24,25)26,27-12-13-7-4-3-5-8-13)28-16(29)14-9-6-10-15(11-14)19(21,22)23/h3-11,27H,2,12H2,1H3,(H,28,29)/p+1/t18-/m0/s1. The molecule has 31 heavy (non-hydrogen) atoms. The second-order valence-corrected chi connectivity index (χ2v) is 6.45. The summed E-state index contributed by atoms with van der Waals surface area (Å²) in [6, 6.07) is 10.7. The number of quaternary nitrogens is 1. The van der Waals surface area contributed by atoms with Gasteiger partial charge in [-0.3, -0.25) is 10.1 Å². The van der Waals surface area contributed by atoms with E-state index in [-0.39, 0.29) is 6.54 Å². The first-order valence-electron chi connectivity index (χ1n) is 9.02. The normalized spacial score (nSPS) is 13.9. The lowest BCUT2D eigenvalue weighted by molar-refractivity contribution is -0.757. The van der Waals surface area contributed by atoms with Crippen molar-refractivity contribution in [1.29, 1.82) is 0 Å². The maximum absolute atomic E-state index is 14.1. The number of amides is 1. The van der Waals surface area contributed by atoms with Crippen molar-refractivity contribution in [3.63, 3.8) is 0 Å². The highest BCUT2D eigenvalue weighted by atomic mass is 19.4. The minimum atomic E-state index is -5.33. The Bertz CT molecular complexity index is 915. The number of ether oxygens (including phenoxy) is 1. The van der Waals surface area contributed by atoms with Crippen molar-refractivity contribution in [3.05, 3.63) is 71.3 Å². The fourth-order valence-electron chi connectivity index (χ4n) is 2.71. The molecule has 11 heteroatoms. The number of nitrogens with two attached hydrogens (primary N) is 1. The molecule has 1 amide bonds. The molecule has 0 bridgehead atoms. The molecule has 0 aliphatic rings. The van der Waals surface area contributed by atoms with E-state index in [2.05, 4.69) is 4.74 Å². The lowest BCUT2D eigenvalue weighted by Crippen LogP contribution is -3.06. The van der Waals surface area contributed by atoms with Crippen LogP contribution in [0.15, 0.2) is 54.6 Å². The van der Waals surface area contributed by atoms with Crippen LogP contribution in [0.1, 0.15) is 28.4 Å². The third-order valence-corrected chi connectivity index (χ3v) is 4.29. The predicted octanol–water partition coefficient (Wildman–Crippen LogP) is 3.02. The average molecular weight is 449 g/mol. The van der Waals surface area contributed by atoms with E-state index in [1.54, 1.807) is 23.5 Å². The van der Waals surface area contributed by atoms with Gasteiger partial charge < -0.3 is 10.1 Å². The van der Waals surface area contributed by atoms with Gasteiger partial charge in [0.25, 0.3) is 5.91 Å². The highest BCUT2D eigenvalue weighted by Gasteiger charge is 2.67. The minimum Gasteiger partial charge on any atom is -0.460 e. The SMILES string of the molecule is CCOC(=O)[C@@](NC(=O)c1cccc(C(F)(F)F)c1)([NH2+]Cc1ccccc1)C(F)(F)F. The number of rotatable bonds is 7. The third-order valence-electron chi connectivity index (χ3n) is 4.29. The second-order valence-electron chi connectivity index (χ2n) is 6.45. The Hall–Kier alpha value is -3.08. The number of carbonyl (C=O) groups is 2. The first kappa shape index (κ1) is 24.2. The molecule has 0 unspecified atom stereocenters. The van der Waals surface area contributed by atoms with Gasteiger partial charge in [0.1, 0.15) is 6.54 Å². The van der Waals surface area contributed by atoms with Crippen molar-refractivity contribution in [3.8, 4) is 0 Å². The van der Waals surface area contributed by atoms with Crippen LogP contribution in [0.3, 0.4) is 0 Å². The van der Waals surface area contributed by atoms with Crippen LogP contribution in [-0.4, -0.2) is 30.3 Å². The van der Waals surface area contributed by atoms with E-state index in [9.17, 15) is 35.9 Å². The lowest BCUT2D eigenvalue weighted by Gasteiger charge is -2.31. The van der Waals surface area contributed by atoms with Crippen LogP contribution in [0.5, 0.6) is 0 Å². The first-order valence-corrected chi connectivity index (χ1v) is 9.02. The number of esters is 1. The molecule has 0 aromatic heterocycles. The predicted molar refractivity (Wildman–Crippen MR) is 96.4 cm³/mol. The zero-order valence-electron chi connectivity index (χ0n) is 16.2. The summed E-state index contributed by atoms with van der Waals surface area (Å²) in [5.41, 5.74) is -5.07. The molecule has 2 rings (SSSR count). The maximum Gasteiger partial charge on any atom is 0.478 e. The van der Waals surface area contributed by atoms with Gasteiger partial charge >= 0.3 is 24.0 Å². The van der Waals surface area contributed by atoms with Crippen LogP contribution < -0.4 is 10.6 Å². The maximum atomic E-state index is 14.1. The number of carbonyl (C=O) groups excluding carboxylic acids is 2. The molecule has 0 radical (unpaired) electrons. The van der Waals surface area contributed by atoms with Gasteiger partial charge in [-0.2, -0.15) is 26.3 Å². The molecule has 0 saturated carbocycles. The highest BCUT2D eigenvalue weighted by molar-refractivity contribution is 5.98. The largest absolute Gasteiger partial charge is 0.478 e. The van der Waals surface area contributed by atoms with Gasteiger partial charge in [-0.1, -0.05) is 36.4 Å². The molecule has 3 N–H and O–H groups in total. The molecular weight excluding hydrogens is 430 g/mol. The third kappa shape index (κ3) is 5.75. The Kier molecular flexibility index (Phi) is 7.32. The monoisotopic (exact) mass is 449 g/mol. The number of nitrogens with one attached hydrogen (secondary N) is 1. The number of hydrogen-bond donors (Lipinski definition) is 2. The smallest absolute Gasteiger partial charge is 0.460 e. The molecule has 0 aliphatic heterocycles. The fraction of sp³-hybridized carbons (Fsp3) is 0.300. The average Bonchev–Trinajstić information content (AvgIpc) is 2.70. The summed E-state index contributed by atoms with van der Waals surface area (Å²) in [5, 5.41) is 2.09. The number of alkyl halides is 6. The van der Waals surface area contributed by atoms with Gasteiger partial charge in [0.05, 0.1) is 12.2 Å². The summed E-state index contributed by atoms with van der Waals surface area (Å²) in [6.45, 7) is 0.502. The Morgan fingerprint density at radius 2 is 1.61 bits per heavy atom. The van der Waals surface area contributed by atoms with Gasteiger partial charge in [-0.05, 0) is 25.1 Å². The quantitative estimate of drug-likeness (QED) is 0.388. The van der Waals surface area contributed by atoms with Crippen molar-refractivity contribution in [2.24, 2.45) is 0 Å². The molecule has 2 aromatic carbocycles. The number of benzene rings is 2. The summed E-state index contributed by atoms with van der Waals surface area (Å²) < 4.78 is 85.5. The molecule has 0 spiro atoms. The molecule has 0 heterocycles. The minimum absolute atomic E-state index is 0.373. The summed E-state index contributed by atoms with van der Waals surface area (Å²) in [4.78, 5) is 24.9. The van der Waals surface area contributed by atoms with Gasteiger partial charge in [-0.25, -0.2) is 4.79 Å². The van der Waals surface area contributed by atoms with Crippen molar-refractivity contribution >= 4 is 11.9 Å². The Morgan fingerprint density at radius 1 is 0.968 bits per heavy atom. The molecule has 168 valence electrons. The Morgan fingerprint density at radius 3 is 2.16 bits per heavy atom. The molecule has 0 aliphatic carbocycles. The Labute approximate surface area is 173 Å². The topological polar surface area (TPSA) is 72.0 Å². The number of halogens is 6. The van der Waals surface area contributed by atoms with Gasteiger partial charge in [0.2, 0.25) is 0 Å². The van der Waals surface area contributed by atoms with Gasteiger partial charge in [0.15, 0.2) is 0 Å². The van der Waals surface area contributed by atoms with Crippen LogP contribution in [0, 0.1) is 0 Å². The van der Waals surface area contributed by atoms with E-state index < -0.39 is 47.6 Å². The van der Waals surface area contributed by atoms with Gasteiger partial charge in [0, 0.05) is 11.1 Å². The summed E-state index contributed by atoms with van der Waals surface area (Å²) in [7, 11) is 0. The van der Waals surface area contributed by atoms with E-state index in [0.29, 0.717) is 23.0 Å². The summed E-state index contributed by atoms with van der Waals surface area (Å²) in [5.74, 6) is -3.31. The van der Waals surface area contributed by atoms with Crippen molar-refractivity contribution in [1.82, 2.24) is 5.32 Å². The van der Waals surface area contributed by atoms with Crippen LogP contribution in [0.4, 0.5) is 26.3 Å². The van der Waals surface area contributed by atoms with E-state index in [4.69, 9.17) is 0 Å². The van der Waals surface area contributed by atoms with Crippen molar-refractivity contribution in [2.45, 2.75) is 31.5 Å². The Balaban J connectivity index is 2.43. The van der Waals surface area contributed by atoms with E-state index in [1.807, 2.05) is 0 Å². The molecule has 0 saturated heterocycles. The molecule has 2 aromatic rings. The fourth-order valence-corrected chi connectivity index (χ4v) is 2.71. The van der Waals surface area contributed by atoms with Crippen LogP contribution in [0.2, 0.25) is 0 Å². The van der Waals surface area contributed by atoms with Gasteiger partial charge in [-0.15, -0.1) is 0 Å². The zero-order valence-corrected chi connectivity index (χ0v) is 16.2. The van der Waals surface area contributed by atoms with E-state index >= 15 is 0 Å². The number of hydrogen-bond acceptors (Lipinski definition) is 3. The van der Waals surface area contributed by atoms with E-state index in [1.165, 1.54) is 19.1 Å². The van der Waals surface area contributed by atoms with Crippen molar-refractivity contribution < 1.29 is 46.0 Å². The summed E-state index contributed by atoms with van der Waals surface area (Å²) >= 11 is 0. The second kappa shape index (κ2) is 9.38. The lowest BCUT2D eigenvalue weighted by atomic mass is 10.1.